The molecular weight excluding hydrogens is 350 g/mol. The third-order valence-electron chi connectivity index (χ3n) is 4.60. The summed E-state index contributed by atoms with van der Waals surface area (Å²) in [5.41, 5.74) is 4.71. The van der Waals surface area contributed by atoms with Crippen LogP contribution in [0.5, 0.6) is 5.75 Å². The van der Waals surface area contributed by atoms with Gasteiger partial charge in [-0.2, -0.15) is 0 Å². The summed E-state index contributed by atoms with van der Waals surface area (Å²) in [4.78, 5) is 25.2. The molecule has 0 aliphatic carbocycles. The van der Waals surface area contributed by atoms with Gasteiger partial charge in [0.15, 0.2) is 12.4 Å². The zero-order chi connectivity index (χ0) is 20.1. The molecule has 0 saturated carbocycles. The van der Waals surface area contributed by atoms with Crippen molar-refractivity contribution in [2.45, 2.75) is 20.8 Å². The van der Waals surface area contributed by atoms with Crippen LogP contribution in [0.15, 0.2) is 66.7 Å². The lowest BCUT2D eigenvalue weighted by atomic mass is 10.0. The maximum atomic E-state index is 12.8. The molecule has 0 spiro atoms. The lowest BCUT2D eigenvalue weighted by Crippen LogP contribution is -2.22. The SMILES string of the molecule is Cc1cc(C)c(C)c(OCC(=O)Nc2ccccc2C(=O)c2ccccc2)c1. The normalized spacial score (nSPS) is 10.4. The van der Waals surface area contributed by atoms with Crippen LogP contribution in [-0.4, -0.2) is 18.3 Å². The lowest BCUT2D eigenvalue weighted by molar-refractivity contribution is -0.118. The first-order valence-electron chi connectivity index (χ1n) is 9.15. The molecule has 0 aromatic heterocycles. The number of carbonyl (C=O) groups excluding carboxylic acids is 2. The molecule has 0 fully saturated rings. The highest BCUT2D eigenvalue weighted by molar-refractivity contribution is 6.13. The third kappa shape index (κ3) is 4.46. The van der Waals surface area contributed by atoms with Crippen LogP contribution in [0.1, 0.15) is 32.6 Å². The molecule has 0 aliphatic rings. The number of benzene rings is 3. The van der Waals surface area contributed by atoms with Crippen LogP contribution in [-0.2, 0) is 4.79 Å². The molecule has 28 heavy (non-hydrogen) atoms. The summed E-state index contributed by atoms with van der Waals surface area (Å²) < 4.78 is 5.72. The fourth-order valence-corrected chi connectivity index (χ4v) is 3.02. The largest absolute Gasteiger partial charge is 0.483 e. The van der Waals surface area contributed by atoms with E-state index in [1.165, 1.54) is 0 Å². The summed E-state index contributed by atoms with van der Waals surface area (Å²) >= 11 is 0. The fourth-order valence-electron chi connectivity index (χ4n) is 3.02. The van der Waals surface area contributed by atoms with Gasteiger partial charge in [-0.1, -0.05) is 48.5 Å². The fraction of sp³-hybridized carbons (Fsp3) is 0.167. The number of anilines is 1. The smallest absolute Gasteiger partial charge is 0.262 e. The zero-order valence-electron chi connectivity index (χ0n) is 16.3. The van der Waals surface area contributed by atoms with Crippen LogP contribution in [0.4, 0.5) is 5.69 Å². The van der Waals surface area contributed by atoms with Crippen molar-refractivity contribution in [3.8, 4) is 5.75 Å². The number of amides is 1. The zero-order valence-corrected chi connectivity index (χ0v) is 16.3. The number of rotatable bonds is 6. The van der Waals surface area contributed by atoms with Crippen molar-refractivity contribution in [3.05, 3.63) is 94.5 Å². The summed E-state index contributed by atoms with van der Waals surface area (Å²) in [5.74, 6) is 0.246. The minimum atomic E-state index is -0.313. The average Bonchev–Trinajstić information content (AvgIpc) is 2.70. The van der Waals surface area contributed by atoms with Gasteiger partial charge in [0.2, 0.25) is 0 Å². The maximum absolute atomic E-state index is 12.8. The average molecular weight is 373 g/mol. The maximum Gasteiger partial charge on any atom is 0.262 e. The second-order valence-corrected chi connectivity index (χ2v) is 6.78. The number of nitrogens with one attached hydrogen (secondary N) is 1. The van der Waals surface area contributed by atoms with Crippen molar-refractivity contribution < 1.29 is 14.3 Å². The Hall–Kier alpha value is -3.40. The van der Waals surface area contributed by atoms with Crippen LogP contribution in [0, 0.1) is 20.8 Å². The van der Waals surface area contributed by atoms with E-state index in [-0.39, 0.29) is 18.3 Å². The molecule has 0 radical (unpaired) electrons. The van der Waals surface area contributed by atoms with E-state index >= 15 is 0 Å². The molecule has 3 aromatic carbocycles. The quantitative estimate of drug-likeness (QED) is 0.628. The Bertz CT molecular complexity index is 1010. The number of hydrogen-bond donors (Lipinski definition) is 1. The number of ether oxygens (including phenoxy) is 1. The van der Waals surface area contributed by atoms with Gasteiger partial charge in [0, 0.05) is 11.1 Å². The van der Waals surface area contributed by atoms with E-state index in [2.05, 4.69) is 11.4 Å². The molecule has 0 aliphatic heterocycles. The summed E-state index contributed by atoms with van der Waals surface area (Å²) in [6.07, 6.45) is 0. The van der Waals surface area contributed by atoms with Crippen LogP contribution < -0.4 is 10.1 Å². The highest BCUT2D eigenvalue weighted by Crippen LogP contribution is 2.24. The molecule has 4 nitrogen and oxygen atoms in total. The van der Waals surface area contributed by atoms with Gasteiger partial charge in [-0.3, -0.25) is 9.59 Å². The van der Waals surface area contributed by atoms with Gasteiger partial charge in [-0.05, 0) is 55.7 Å². The highest BCUT2D eigenvalue weighted by Gasteiger charge is 2.15. The Kier molecular flexibility index (Phi) is 5.90. The van der Waals surface area contributed by atoms with Gasteiger partial charge in [0.1, 0.15) is 5.75 Å². The Morgan fingerprint density at radius 1 is 0.893 bits per heavy atom. The summed E-state index contributed by atoms with van der Waals surface area (Å²) in [7, 11) is 0. The van der Waals surface area contributed by atoms with Crippen molar-refractivity contribution in [3.63, 3.8) is 0 Å². The first-order chi connectivity index (χ1) is 13.5. The first kappa shape index (κ1) is 19.4. The van der Waals surface area contributed by atoms with Gasteiger partial charge in [-0.15, -0.1) is 0 Å². The standard InChI is InChI=1S/C24H23NO3/c1-16-13-17(2)18(3)22(14-16)28-15-23(26)25-21-12-8-7-11-20(21)24(27)19-9-5-4-6-10-19/h4-14H,15H2,1-3H3,(H,25,26). The van der Waals surface area contributed by atoms with Gasteiger partial charge in [0.25, 0.3) is 5.91 Å². The van der Waals surface area contributed by atoms with E-state index in [0.29, 0.717) is 22.6 Å². The highest BCUT2D eigenvalue weighted by atomic mass is 16.5. The number of hydrogen-bond acceptors (Lipinski definition) is 3. The predicted molar refractivity (Wildman–Crippen MR) is 111 cm³/mol. The number of aryl methyl sites for hydroxylation is 2. The minimum Gasteiger partial charge on any atom is -0.483 e. The van der Waals surface area contributed by atoms with Crippen molar-refractivity contribution >= 4 is 17.4 Å². The molecule has 142 valence electrons. The predicted octanol–water partition coefficient (Wildman–Crippen LogP) is 4.86. The third-order valence-corrected chi connectivity index (χ3v) is 4.60. The number of para-hydroxylation sites is 1. The second kappa shape index (κ2) is 8.53. The van der Waals surface area contributed by atoms with E-state index in [9.17, 15) is 9.59 Å². The Labute approximate surface area is 165 Å². The second-order valence-electron chi connectivity index (χ2n) is 6.78. The van der Waals surface area contributed by atoms with Crippen molar-refractivity contribution in [1.82, 2.24) is 0 Å². The molecule has 0 unspecified atom stereocenters. The van der Waals surface area contributed by atoms with Crippen LogP contribution in [0.25, 0.3) is 0 Å². The summed E-state index contributed by atoms with van der Waals surface area (Å²) in [6.45, 7) is 5.85. The first-order valence-corrected chi connectivity index (χ1v) is 9.15. The Morgan fingerprint density at radius 3 is 2.32 bits per heavy atom. The summed E-state index contributed by atoms with van der Waals surface area (Å²) in [5, 5.41) is 2.80. The van der Waals surface area contributed by atoms with Gasteiger partial charge in [-0.25, -0.2) is 0 Å². The van der Waals surface area contributed by atoms with E-state index in [1.807, 2.05) is 45.0 Å². The molecule has 1 amide bonds. The summed E-state index contributed by atoms with van der Waals surface area (Å²) in [6, 6.07) is 20.0. The molecule has 0 bridgehead atoms. The van der Waals surface area contributed by atoms with Gasteiger partial charge < -0.3 is 10.1 Å². The molecule has 1 N–H and O–H groups in total. The van der Waals surface area contributed by atoms with Crippen molar-refractivity contribution in [2.24, 2.45) is 0 Å². The van der Waals surface area contributed by atoms with E-state index in [1.54, 1.807) is 36.4 Å². The number of carbonyl (C=O) groups is 2. The van der Waals surface area contributed by atoms with Crippen LogP contribution in [0.2, 0.25) is 0 Å². The molecule has 3 rings (SSSR count). The van der Waals surface area contributed by atoms with Crippen LogP contribution >= 0.6 is 0 Å². The molecule has 4 heteroatoms. The topological polar surface area (TPSA) is 55.4 Å². The van der Waals surface area contributed by atoms with Crippen LogP contribution in [0.3, 0.4) is 0 Å². The number of ketones is 1. The van der Waals surface area contributed by atoms with Crippen molar-refractivity contribution in [2.75, 3.05) is 11.9 Å². The van der Waals surface area contributed by atoms with E-state index in [0.717, 1.165) is 16.7 Å². The molecule has 0 heterocycles. The monoisotopic (exact) mass is 373 g/mol. The van der Waals surface area contributed by atoms with Gasteiger partial charge in [0.05, 0.1) is 5.69 Å². The molecular formula is C24H23NO3. The Balaban J connectivity index is 1.72. The van der Waals surface area contributed by atoms with E-state index in [4.69, 9.17) is 4.74 Å². The molecule has 3 aromatic rings. The molecule has 0 saturated heterocycles. The Morgan fingerprint density at radius 2 is 1.57 bits per heavy atom. The van der Waals surface area contributed by atoms with Crippen molar-refractivity contribution in [1.29, 1.82) is 0 Å². The minimum absolute atomic E-state index is 0.127. The lowest BCUT2D eigenvalue weighted by Gasteiger charge is -2.14. The van der Waals surface area contributed by atoms with E-state index < -0.39 is 0 Å². The molecule has 0 atom stereocenters. The van der Waals surface area contributed by atoms with Gasteiger partial charge >= 0.3 is 0 Å².